The molecule has 13 heteroatoms. The number of piperidine rings is 1. The summed E-state index contributed by atoms with van der Waals surface area (Å²) in [6.07, 6.45) is -1.26. The third-order valence-electron chi connectivity index (χ3n) is 7.74. The minimum atomic E-state index is -4.86. The van der Waals surface area contributed by atoms with Crippen molar-refractivity contribution >= 4 is 17.5 Å². The lowest BCUT2D eigenvalue weighted by Gasteiger charge is -2.43. The zero-order valence-corrected chi connectivity index (χ0v) is 21.9. The molecular formula is C29H23F5N6O2. The number of likely N-dealkylation sites (tertiary alicyclic amines) is 1. The van der Waals surface area contributed by atoms with E-state index < -0.39 is 34.8 Å². The van der Waals surface area contributed by atoms with Crippen molar-refractivity contribution in [1.29, 1.82) is 0 Å². The number of nitrogens with zero attached hydrogens (tertiary/aromatic N) is 5. The van der Waals surface area contributed by atoms with Crippen LogP contribution >= 0.6 is 0 Å². The van der Waals surface area contributed by atoms with Crippen molar-refractivity contribution in [3.63, 3.8) is 0 Å². The maximum Gasteiger partial charge on any atom is 0.419 e. The van der Waals surface area contributed by atoms with E-state index in [-0.39, 0.29) is 42.6 Å². The molecule has 42 heavy (non-hydrogen) atoms. The number of halogens is 5. The first-order chi connectivity index (χ1) is 20.1. The van der Waals surface area contributed by atoms with E-state index in [9.17, 15) is 31.5 Å². The molecule has 2 saturated heterocycles. The molecule has 8 nitrogen and oxygen atoms in total. The maximum absolute atomic E-state index is 14.5. The van der Waals surface area contributed by atoms with E-state index in [2.05, 4.69) is 15.4 Å². The van der Waals surface area contributed by atoms with Gasteiger partial charge in [-0.2, -0.15) is 18.3 Å². The van der Waals surface area contributed by atoms with E-state index in [0.717, 1.165) is 12.1 Å². The van der Waals surface area contributed by atoms with Gasteiger partial charge in [-0.1, -0.05) is 6.07 Å². The van der Waals surface area contributed by atoms with E-state index >= 15 is 0 Å². The van der Waals surface area contributed by atoms with Gasteiger partial charge in [-0.15, -0.1) is 0 Å². The Balaban J connectivity index is 1.29. The number of nitrogens with one attached hydrogen (secondary N) is 1. The number of rotatable bonds is 4. The Kier molecular flexibility index (Phi) is 6.66. The molecule has 0 saturated carbocycles. The van der Waals surface area contributed by atoms with Crippen molar-refractivity contribution < 1.29 is 31.5 Å². The van der Waals surface area contributed by atoms with Crippen molar-refractivity contribution in [3.8, 4) is 16.9 Å². The smallest absolute Gasteiger partial charge is 0.339 e. The molecule has 0 unspecified atom stereocenters. The van der Waals surface area contributed by atoms with Crippen molar-refractivity contribution in [2.24, 2.45) is 0 Å². The van der Waals surface area contributed by atoms with Crippen LogP contribution in [-0.4, -0.2) is 56.8 Å². The second-order valence-corrected chi connectivity index (χ2v) is 10.1. The normalized spacial score (nSPS) is 16.6. The SMILES string of the molecule is O=C(c1cc(-c2ccc(C(F)(F)F)c(F)c2)n(-c2cccnc2)n1)N1CCC2(CC1)C(=O)NCN2c1ccc(F)cc1. The van der Waals surface area contributed by atoms with Crippen LogP contribution in [0.2, 0.25) is 0 Å². The average Bonchev–Trinajstić information content (AvgIpc) is 3.56. The summed E-state index contributed by atoms with van der Waals surface area (Å²) >= 11 is 0. The molecule has 0 aliphatic carbocycles. The van der Waals surface area contributed by atoms with Crippen LogP contribution in [0.25, 0.3) is 16.9 Å². The van der Waals surface area contributed by atoms with Crippen molar-refractivity contribution in [1.82, 2.24) is 25.0 Å². The molecule has 4 heterocycles. The van der Waals surface area contributed by atoms with Crippen LogP contribution in [0.3, 0.4) is 0 Å². The molecule has 1 spiro atoms. The predicted octanol–water partition coefficient (Wildman–Crippen LogP) is 4.80. The third-order valence-corrected chi connectivity index (χ3v) is 7.74. The zero-order valence-electron chi connectivity index (χ0n) is 21.9. The lowest BCUT2D eigenvalue weighted by molar-refractivity contribution is -0.140. The van der Waals surface area contributed by atoms with E-state index in [0.29, 0.717) is 30.3 Å². The second kappa shape index (κ2) is 10.2. The summed E-state index contributed by atoms with van der Waals surface area (Å²) in [5.74, 6) is -2.47. The van der Waals surface area contributed by atoms with Crippen molar-refractivity contribution in [2.75, 3.05) is 24.7 Å². The van der Waals surface area contributed by atoms with E-state index in [1.54, 1.807) is 29.2 Å². The van der Waals surface area contributed by atoms with Crippen molar-refractivity contribution in [3.05, 3.63) is 95.9 Å². The molecule has 0 bridgehead atoms. The molecule has 2 fully saturated rings. The Bertz CT molecular complexity index is 1650. The standard InChI is InChI=1S/C29H23F5N6O2/c30-19-4-6-20(7-5-19)39-17-36-27(42)28(39)9-12-38(13-10-28)26(41)24-15-25(40(37-24)21-2-1-11-35-16-21)18-3-8-22(23(31)14-18)29(32,33)34/h1-8,11,14-16H,9-10,12-13,17H2,(H,36,42). The van der Waals surface area contributed by atoms with Gasteiger partial charge in [0, 0.05) is 30.5 Å². The molecule has 6 rings (SSSR count). The molecule has 2 amide bonds. The first kappa shape index (κ1) is 27.4. The monoisotopic (exact) mass is 582 g/mol. The van der Waals surface area contributed by atoms with Crippen LogP contribution in [-0.2, 0) is 11.0 Å². The van der Waals surface area contributed by atoms with Crippen LogP contribution in [0.1, 0.15) is 28.9 Å². The third kappa shape index (κ3) is 4.74. The molecule has 0 atom stereocenters. The van der Waals surface area contributed by atoms with Gasteiger partial charge in [-0.05, 0) is 67.4 Å². The van der Waals surface area contributed by atoms with Gasteiger partial charge in [-0.3, -0.25) is 14.6 Å². The number of anilines is 1. The molecule has 2 aliphatic rings. The van der Waals surface area contributed by atoms with E-state index in [1.807, 2.05) is 4.90 Å². The van der Waals surface area contributed by atoms with Crippen LogP contribution in [0.15, 0.2) is 73.1 Å². The Morgan fingerprint density at radius 3 is 2.33 bits per heavy atom. The van der Waals surface area contributed by atoms with Gasteiger partial charge in [0.05, 0.1) is 29.8 Å². The molecule has 2 aliphatic heterocycles. The summed E-state index contributed by atoms with van der Waals surface area (Å²) in [6.45, 7) is 0.683. The largest absolute Gasteiger partial charge is 0.419 e. The highest BCUT2D eigenvalue weighted by atomic mass is 19.4. The number of alkyl halides is 3. The Labute approximate surface area is 236 Å². The van der Waals surface area contributed by atoms with Gasteiger partial charge >= 0.3 is 6.18 Å². The number of amides is 2. The number of carbonyl (C=O) groups excluding carboxylic acids is 2. The minimum Gasteiger partial charge on any atom is -0.339 e. The molecule has 216 valence electrons. The van der Waals surface area contributed by atoms with Crippen molar-refractivity contribution in [2.45, 2.75) is 24.6 Å². The van der Waals surface area contributed by atoms with Crippen LogP contribution in [0, 0.1) is 11.6 Å². The number of hydrogen-bond acceptors (Lipinski definition) is 5. The first-order valence-electron chi connectivity index (χ1n) is 13.1. The van der Waals surface area contributed by atoms with Crippen LogP contribution in [0.4, 0.5) is 27.6 Å². The predicted molar refractivity (Wildman–Crippen MR) is 142 cm³/mol. The number of pyridine rings is 1. The Morgan fingerprint density at radius 1 is 0.952 bits per heavy atom. The minimum absolute atomic E-state index is 0.00336. The lowest BCUT2D eigenvalue weighted by atomic mass is 9.85. The van der Waals surface area contributed by atoms with E-state index in [4.69, 9.17) is 0 Å². The number of aromatic nitrogens is 3. The lowest BCUT2D eigenvalue weighted by Crippen LogP contribution is -2.57. The molecule has 0 radical (unpaired) electrons. The van der Waals surface area contributed by atoms with Crippen LogP contribution in [0.5, 0.6) is 0 Å². The highest BCUT2D eigenvalue weighted by molar-refractivity contribution is 5.96. The number of benzene rings is 2. The molecule has 1 N–H and O–H groups in total. The summed E-state index contributed by atoms with van der Waals surface area (Å²) < 4.78 is 68.8. The van der Waals surface area contributed by atoms with Gasteiger partial charge in [0.2, 0.25) is 5.91 Å². The molecular weight excluding hydrogens is 559 g/mol. The Hall–Kier alpha value is -4.81. The fraction of sp³-hybridized carbons (Fsp3) is 0.241. The van der Waals surface area contributed by atoms with E-state index in [1.165, 1.54) is 35.3 Å². The zero-order chi connectivity index (χ0) is 29.6. The van der Waals surface area contributed by atoms with Gasteiger partial charge in [0.1, 0.15) is 17.2 Å². The molecule has 2 aromatic heterocycles. The molecule has 2 aromatic carbocycles. The first-order valence-corrected chi connectivity index (χ1v) is 13.1. The summed E-state index contributed by atoms with van der Waals surface area (Å²) in [4.78, 5) is 34.1. The topological polar surface area (TPSA) is 83.4 Å². The summed E-state index contributed by atoms with van der Waals surface area (Å²) in [7, 11) is 0. The second-order valence-electron chi connectivity index (χ2n) is 10.1. The average molecular weight is 583 g/mol. The maximum atomic E-state index is 14.5. The molecule has 4 aromatic rings. The summed E-state index contributed by atoms with van der Waals surface area (Å²) in [5.41, 5.74) is -0.928. The van der Waals surface area contributed by atoms with Gasteiger partial charge in [0.25, 0.3) is 5.91 Å². The van der Waals surface area contributed by atoms with Crippen LogP contribution < -0.4 is 10.2 Å². The Morgan fingerprint density at radius 2 is 1.69 bits per heavy atom. The van der Waals surface area contributed by atoms with Gasteiger partial charge < -0.3 is 15.1 Å². The quantitative estimate of drug-likeness (QED) is 0.350. The summed E-state index contributed by atoms with van der Waals surface area (Å²) in [5, 5.41) is 7.27. The van der Waals surface area contributed by atoms with Gasteiger partial charge in [-0.25, -0.2) is 13.5 Å². The summed E-state index contributed by atoms with van der Waals surface area (Å²) in [6, 6.07) is 13.0. The number of hydrogen-bond donors (Lipinski definition) is 1. The fourth-order valence-electron chi connectivity index (χ4n) is 5.56. The highest BCUT2D eigenvalue weighted by Crippen LogP contribution is 2.37. The van der Waals surface area contributed by atoms with Gasteiger partial charge in [0.15, 0.2) is 5.69 Å². The highest BCUT2D eigenvalue weighted by Gasteiger charge is 2.51. The fourth-order valence-corrected chi connectivity index (χ4v) is 5.56. The number of carbonyl (C=O) groups is 2.